The summed E-state index contributed by atoms with van der Waals surface area (Å²) in [5.41, 5.74) is 6.31. The summed E-state index contributed by atoms with van der Waals surface area (Å²) >= 11 is 0. The number of likely N-dealkylation sites (tertiary alicyclic amines) is 1. The van der Waals surface area contributed by atoms with Crippen molar-refractivity contribution in [3.05, 3.63) is 53.6 Å². The van der Waals surface area contributed by atoms with Crippen molar-refractivity contribution in [3.63, 3.8) is 0 Å². The van der Waals surface area contributed by atoms with Gasteiger partial charge in [-0.1, -0.05) is 12.1 Å². The Morgan fingerprint density at radius 2 is 1.87 bits per heavy atom. The van der Waals surface area contributed by atoms with Gasteiger partial charge in [0.05, 0.1) is 29.5 Å². The third-order valence-electron chi connectivity index (χ3n) is 7.83. The molecular weight excluding hydrogens is 497 g/mol. The minimum Gasteiger partial charge on any atom is -0.475 e. The standard InChI is InChI=1S/C25H32N6.C2HF3O2/c1-29-13-15-30(16-14-29)21-8-2-7-20-24(21)28-22(27-20)17-31-12-4-6-19-10-9-18-5-3-11-26-23(18)25(19)31;3-2(4,5)1(6)7/h2-3,5,7-8,11,19,25H,4,6,9-10,12-17H2,1H3,(H,27,28);(H,6,7). The van der Waals surface area contributed by atoms with E-state index in [1.807, 2.05) is 6.20 Å². The van der Waals surface area contributed by atoms with Crippen molar-refractivity contribution < 1.29 is 23.1 Å². The minimum atomic E-state index is -5.08. The average molecular weight is 531 g/mol. The van der Waals surface area contributed by atoms with E-state index in [-0.39, 0.29) is 0 Å². The third-order valence-corrected chi connectivity index (χ3v) is 7.83. The fourth-order valence-electron chi connectivity index (χ4n) is 5.93. The van der Waals surface area contributed by atoms with Crippen LogP contribution in [-0.4, -0.2) is 81.8 Å². The van der Waals surface area contributed by atoms with E-state index < -0.39 is 12.1 Å². The van der Waals surface area contributed by atoms with E-state index in [9.17, 15) is 13.2 Å². The number of rotatable bonds is 3. The van der Waals surface area contributed by atoms with Gasteiger partial charge in [0.1, 0.15) is 11.3 Å². The van der Waals surface area contributed by atoms with Gasteiger partial charge in [-0.15, -0.1) is 0 Å². The number of H-pyrrole nitrogens is 1. The van der Waals surface area contributed by atoms with Crippen LogP contribution in [0, 0.1) is 5.92 Å². The van der Waals surface area contributed by atoms with E-state index in [4.69, 9.17) is 19.9 Å². The molecule has 4 heterocycles. The average Bonchev–Trinajstić information content (AvgIpc) is 3.31. The van der Waals surface area contributed by atoms with E-state index in [0.29, 0.717) is 6.04 Å². The molecule has 2 fully saturated rings. The van der Waals surface area contributed by atoms with Crippen molar-refractivity contribution >= 4 is 22.7 Å². The molecule has 2 unspecified atom stereocenters. The van der Waals surface area contributed by atoms with Gasteiger partial charge in [0, 0.05) is 32.4 Å². The van der Waals surface area contributed by atoms with Crippen LogP contribution in [0.5, 0.6) is 0 Å². The molecule has 2 saturated heterocycles. The molecular formula is C27H33F3N6O2. The van der Waals surface area contributed by atoms with Crippen molar-refractivity contribution in [2.75, 3.05) is 44.7 Å². The second kappa shape index (κ2) is 10.9. The SMILES string of the molecule is CN1CCN(c2cccc3[nH]c(CN4CCCC5CCc6cccnc6C54)nc23)CC1.O=C(O)C(F)(F)F. The number of aryl methyl sites for hydroxylation is 1. The van der Waals surface area contributed by atoms with Crippen LogP contribution in [0.4, 0.5) is 18.9 Å². The van der Waals surface area contributed by atoms with Gasteiger partial charge in [-0.05, 0) is 69.0 Å². The number of piperazine rings is 1. The summed E-state index contributed by atoms with van der Waals surface area (Å²) in [5, 5.41) is 7.12. The number of carbonyl (C=O) groups is 1. The molecule has 2 aromatic heterocycles. The topological polar surface area (TPSA) is 88.6 Å². The van der Waals surface area contributed by atoms with Crippen LogP contribution in [0.2, 0.25) is 0 Å². The Morgan fingerprint density at radius 1 is 1.11 bits per heavy atom. The fraction of sp³-hybridized carbons (Fsp3) is 0.519. The molecule has 2 aliphatic heterocycles. The highest BCUT2D eigenvalue weighted by Gasteiger charge is 2.39. The van der Waals surface area contributed by atoms with Crippen LogP contribution in [0.25, 0.3) is 11.0 Å². The third kappa shape index (κ3) is 5.63. The van der Waals surface area contributed by atoms with Crippen molar-refractivity contribution in [1.82, 2.24) is 24.8 Å². The molecule has 0 bridgehead atoms. The summed E-state index contributed by atoms with van der Waals surface area (Å²) in [6.45, 7) is 6.34. The number of likely N-dealkylation sites (N-methyl/N-ethyl adjacent to an activating group) is 1. The summed E-state index contributed by atoms with van der Waals surface area (Å²) in [4.78, 5) is 30.0. The molecule has 0 saturated carbocycles. The van der Waals surface area contributed by atoms with E-state index in [0.717, 1.165) is 62.0 Å². The largest absolute Gasteiger partial charge is 0.490 e. The molecule has 0 radical (unpaired) electrons. The second-order valence-corrected chi connectivity index (χ2v) is 10.4. The predicted octanol–water partition coefficient (Wildman–Crippen LogP) is 4.24. The molecule has 3 aromatic rings. The number of aliphatic carboxylic acids is 1. The number of carboxylic acids is 1. The Balaban J connectivity index is 0.000000374. The van der Waals surface area contributed by atoms with Gasteiger partial charge in [-0.2, -0.15) is 13.2 Å². The number of benzene rings is 1. The molecule has 1 aromatic carbocycles. The van der Waals surface area contributed by atoms with Crippen molar-refractivity contribution in [1.29, 1.82) is 0 Å². The number of alkyl halides is 3. The fourth-order valence-corrected chi connectivity index (χ4v) is 5.93. The van der Waals surface area contributed by atoms with Crippen LogP contribution in [0.15, 0.2) is 36.5 Å². The molecule has 0 spiro atoms. The lowest BCUT2D eigenvalue weighted by molar-refractivity contribution is -0.192. The number of aromatic amines is 1. The van der Waals surface area contributed by atoms with Crippen LogP contribution in [-0.2, 0) is 17.8 Å². The van der Waals surface area contributed by atoms with Crippen LogP contribution in [0.1, 0.15) is 42.4 Å². The Morgan fingerprint density at radius 3 is 2.61 bits per heavy atom. The lowest BCUT2D eigenvalue weighted by Crippen LogP contribution is -2.44. The van der Waals surface area contributed by atoms with E-state index in [2.05, 4.69) is 57.1 Å². The number of hydrogen-bond donors (Lipinski definition) is 2. The summed E-state index contributed by atoms with van der Waals surface area (Å²) in [6.07, 6.45) is 1.95. The van der Waals surface area contributed by atoms with Crippen molar-refractivity contribution in [2.24, 2.45) is 5.92 Å². The normalized spacial score (nSPS) is 22.4. The first-order valence-corrected chi connectivity index (χ1v) is 13.1. The van der Waals surface area contributed by atoms with E-state index in [1.165, 1.54) is 42.6 Å². The number of imidazole rings is 1. The molecule has 0 amide bonds. The highest BCUT2D eigenvalue weighted by atomic mass is 19.4. The van der Waals surface area contributed by atoms with Gasteiger partial charge < -0.3 is 19.9 Å². The smallest absolute Gasteiger partial charge is 0.475 e. The van der Waals surface area contributed by atoms with Gasteiger partial charge in [-0.3, -0.25) is 9.88 Å². The number of aromatic nitrogens is 3. The number of pyridine rings is 1. The van der Waals surface area contributed by atoms with Crippen LogP contribution >= 0.6 is 0 Å². The number of anilines is 1. The number of nitrogens with one attached hydrogen (secondary N) is 1. The number of hydrogen-bond acceptors (Lipinski definition) is 6. The number of nitrogens with zero attached hydrogens (tertiary/aromatic N) is 5. The number of para-hydroxylation sites is 1. The monoisotopic (exact) mass is 530 g/mol. The van der Waals surface area contributed by atoms with Crippen molar-refractivity contribution in [3.8, 4) is 0 Å². The molecule has 38 heavy (non-hydrogen) atoms. The maximum Gasteiger partial charge on any atom is 0.490 e. The number of piperidine rings is 1. The Kier molecular flexibility index (Phi) is 7.58. The first-order valence-electron chi connectivity index (χ1n) is 13.1. The van der Waals surface area contributed by atoms with Gasteiger partial charge in [0.15, 0.2) is 0 Å². The molecule has 1 aliphatic carbocycles. The molecule has 11 heteroatoms. The summed E-state index contributed by atoms with van der Waals surface area (Å²) < 4.78 is 31.7. The Hall–Kier alpha value is -3.18. The zero-order valence-corrected chi connectivity index (χ0v) is 21.4. The Labute approximate surface area is 219 Å². The number of carboxylic acid groups (broad SMARTS) is 1. The van der Waals surface area contributed by atoms with Crippen LogP contribution in [0.3, 0.4) is 0 Å². The zero-order valence-electron chi connectivity index (χ0n) is 21.4. The highest BCUT2D eigenvalue weighted by Crippen LogP contribution is 2.43. The van der Waals surface area contributed by atoms with E-state index in [1.54, 1.807) is 0 Å². The lowest BCUT2D eigenvalue weighted by atomic mass is 9.77. The molecule has 3 aliphatic rings. The number of halogens is 3. The van der Waals surface area contributed by atoms with Crippen LogP contribution < -0.4 is 4.90 Å². The van der Waals surface area contributed by atoms with Gasteiger partial charge >= 0.3 is 12.1 Å². The first-order chi connectivity index (χ1) is 18.2. The summed E-state index contributed by atoms with van der Waals surface area (Å²) in [5.74, 6) is -0.950. The quantitative estimate of drug-likeness (QED) is 0.524. The molecule has 6 rings (SSSR count). The summed E-state index contributed by atoms with van der Waals surface area (Å²) in [7, 11) is 2.20. The lowest BCUT2D eigenvalue weighted by Gasteiger charge is -2.44. The van der Waals surface area contributed by atoms with Gasteiger partial charge in [0.2, 0.25) is 0 Å². The molecule has 2 atom stereocenters. The van der Waals surface area contributed by atoms with Gasteiger partial charge in [-0.25, -0.2) is 9.78 Å². The Bertz CT molecular complexity index is 1270. The van der Waals surface area contributed by atoms with Gasteiger partial charge in [0.25, 0.3) is 0 Å². The maximum absolute atomic E-state index is 10.6. The minimum absolute atomic E-state index is 0.434. The molecule has 204 valence electrons. The maximum atomic E-state index is 10.6. The second-order valence-electron chi connectivity index (χ2n) is 10.4. The first kappa shape index (κ1) is 26.4. The van der Waals surface area contributed by atoms with Crippen molar-refractivity contribution in [2.45, 2.75) is 44.4 Å². The molecule has 2 N–H and O–H groups in total. The summed E-state index contributed by atoms with van der Waals surface area (Å²) in [6, 6.07) is 11.4. The zero-order chi connectivity index (χ0) is 26.9. The molecule has 8 nitrogen and oxygen atoms in total. The number of fused-ring (bicyclic) bond motifs is 4. The highest BCUT2D eigenvalue weighted by molar-refractivity contribution is 5.89. The predicted molar refractivity (Wildman–Crippen MR) is 138 cm³/mol. The van der Waals surface area contributed by atoms with E-state index >= 15 is 0 Å².